The zero-order valence-electron chi connectivity index (χ0n) is 11.9. The fourth-order valence-corrected chi connectivity index (χ4v) is 1.47. The summed E-state index contributed by atoms with van der Waals surface area (Å²) in [6.07, 6.45) is -4.85. The second-order valence-corrected chi connectivity index (χ2v) is 5.14. The summed E-state index contributed by atoms with van der Waals surface area (Å²) in [5, 5.41) is 9.22. The fourth-order valence-electron chi connectivity index (χ4n) is 1.47. The van der Waals surface area contributed by atoms with Gasteiger partial charge in [-0.1, -0.05) is 0 Å². The highest BCUT2D eigenvalue weighted by Gasteiger charge is 2.32. The second-order valence-electron chi connectivity index (χ2n) is 5.14. The molecule has 0 aliphatic carbocycles. The number of benzene rings is 1. The van der Waals surface area contributed by atoms with Crippen LogP contribution in [0.5, 0.6) is 5.75 Å². The third-order valence-corrected chi connectivity index (χ3v) is 3.08. The van der Waals surface area contributed by atoms with E-state index in [4.69, 9.17) is 5.73 Å². The Morgan fingerprint density at radius 2 is 1.95 bits per heavy atom. The monoisotopic (exact) mass is 306 g/mol. The number of anilines is 1. The van der Waals surface area contributed by atoms with Gasteiger partial charge in [-0.25, -0.2) is 0 Å². The van der Waals surface area contributed by atoms with E-state index in [1.807, 2.05) is 0 Å². The molecule has 0 spiro atoms. The van der Waals surface area contributed by atoms with Crippen molar-refractivity contribution in [3.8, 4) is 5.75 Å². The van der Waals surface area contributed by atoms with Crippen molar-refractivity contribution in [2.45, 2.75) is 25.7 Å². The first-order chi connectivity index (χ1) is 9.48. The van der Waals surface area contributed by atoms with Gasteiger partial charge in [0.1, 0.15) is 0 Å². The number of nitrogen functional groups attached to an aromatic ring is 1. The normalized spacial score (nSPS) is 12.1. The first-order valence-corrected chi connectivity index (χ1v) is 6.02. The van der Waals surface area contributed by atoms with E-state index in [0.717, 1.165) is 12.1 Å². The van der Waals surface area contributed by atoms with Crippen LogP contribution in [0.1, 0.15) is 24.2 Å². The van der Waals surface area contributed by atoms with Crippen LogP contribution in [0.4, 0.5) is 18.9 Å². The molecule has 1 amide bonds. The van der Waals surface area contributed by atoms with Gasteiger partial charge in [0.2, 0.25) is 0 Å². The molecule has 1 aromatic carbocycles. The van der Waals surface area contributed by atoms with Crippen LogP contribution in [-0.4, -0.2) is 41.5 Å². The number of nitrogens with two attached hydrogens (primary N) is 1. The van der Waals surface area contributed by atoms with Crippen LogP contribution in [0.2, 0.25) is 0 Å². The lowest BCUT2D eigenvalue weighted by molar-refractivity contribution is -0.274. The molecule has 3 N–H and O–H groups in total. The van der Waals surface area contributed by atoms with E-state index < -0.39 is 23.6 Å². The van der Waals surface area contributed by atoms with Crippen LogP contribution in [-0.2, 0) is 0 Å². The molecule has 0 radical (unpaired) electrons. The van der Waals surface area contributed by atoms with Gasteiger partial charge in [0.15, 0.2) is 5.75 Å². The smallest absolute Gasteiger partial charge is 0.404 e. The summed E-state index contributed by atoms with van der Waals surface area (Å²) >= 11 is 0. The number of ether oxygens (including phenoxy) is 1. The summed E-state index contributed by atoms with van der Waals surface area (Å²) in [5.74, 6) is -1.04. The summed E-state index contributed by atoms with van der Waals surface area (Å²) in [6.45, 7) is 3.03. The molecule has 0 aromatic heterocycles. The number of aliphatic hydroxyl groups excluding tert-OH is 1. The molecule has 1 rings (SSSR count). The van der Waals surface area contributed by atoms with Crippen molar-refractivity contribution in [3.05, 3.63) is 23.8 Å². The summed E-state index contributed by atoms with van der Waals surface area (Å²) in [4.78, 5) is 13.5. The standard InChI is InChI=1S/C13H17F3N2O3/c1-12(2,7-19)18(3)11(20)8-4-5-10(9(17)6-8)21-13(14,15)16/h4-6,19H,7,17H2,1-3H3. The van der Waals surface area contributed by atoms with Crippen molar-refractivity contribution < 1.29 is 27.8 Å². The zero-order chi connectivity index (χ0) is 16.4. The number of hydrogen-bond acceptors (Lipinski definition) is 4. The molecule has 0 saturated heterocycles. The Labute approximate surface area is 120 Å². The Kier molecular flexibility index (Phi) is 4.72. The largest absolute Gasteiger partial charge is 0.573 e. The molecule has 0 fully saturated rings. The molecular formula is C13H17F3N2O3. The lowest BCUT2D eigenvalue weighted by Gasteiger charge is -2.34. The van der Waals surface area contributed by atoms with Crippen molar-refractivity contribution in [1.82, 2.24) is 4.90 Å². The van der Waals surface area contributed by atoms with Gasteiger partial charge in [0, 0.05) is 12.6 Å². The number of rotatable bonds is 4. The van der Waals surface area contributed by atoms with Crippen molar-refractivity contribution in [2.75, 3.05) is 19.4 Å². The molecule has 21 heavy (non-hydrogen) atoms. The maximum absolute atomic E-state index is 12.2. The fraction of sp³-hybridized carbons (Fsp3) is 0.462. The molecule has 0 aliphatic rings. The average molecular weight is 306 g/mol. The van der Waals surface area contributed by atoms with E-state index in [2.05, 4.69) is 4.74 Å². The van der Waals surface area contributed by atoms with Crippen LogP contribution >= 0.6 is 0 Å². The second kappa shape index (κ2) is 5.80. The Morgan fingerprint density at radius 1 is 1.38 bits per heavy atom. The van der Waals surface area contributed by atoms with Gasteiger partial charge in [-0.05, 0) is 32.0 Å². The molecule has 118 valence electrons. The van der Waals surface area contributed by atoms with Crippen molar-refractivity contribution >= 4 is 11.6 Å². The number of aliphatic hydroxyl groups is 1. The Hall–Kier alpha value is -1.96. The first kappa shape index (κ1) is 17.1. The van der Waals surface area contributed by atoms with E-state index >= 15 is 0 Å². The average Bonchev–Trinajstić information content (AvgIpc) is 2.38. The van der Waals surface area contributed by atoms with Crippen LogP contribution in [0, 0.1) is 0 Å². The maximum Gasteiger partial charge on any atom is 0.573 e. The van der Waals surface area contributed by atoms with Crippen molar-refractivity contribution in [1.29, 1.82) is 0 Å². The van der Waals surface area contributed by atoms with Gasteiger partial charge in [-0.2, -0.15) is 0 Å². The maximum atomic E-state index is 12.2. The minimum Gasteiger partial charge on any atom is -0.404 e. The van der Waals surface area contributed by atoms with Gasteiger partial charge < -0.3 is 20.5 Å². The lowest BCUT2D eigenvalue weighted by atomic mass is 10.0. The van der Waals surface area contributed by atoms with Gasteiger partial charge in [-0.15, -0.1) is 13.2 Å². The summed E-state index contributed by atoms with van der Waals surface area (Å²) in [7, 11) is 1.48. The Bertz CT molecular complexity index is 530. The van der Waals surface area contributed by atoms with Gasteiger partial charge in [0.25, 0.3) is 5.91 Å². The van der Waals surface area contributed by atoms with Crippen LogP contribution in [0.15, 0.2) is 18.2 Å². The molecule has 0 aliphatic heterocycles. The first-order valence-electron chi connectivity index (χ1n) is 6.02. The van der Waals surface area contributed by atoms with Crippen molar-refractivity contribution in [2.24, 2.45) is 0 Å². The molecule has 0 heterocycles. The molecule has 8 heteroatoms. The minimum atomic E-state index is -4.85. The molecule has 1 aromatic rings. The molecular weight excluding hydrogens is 289 g/mol. The number of amides is 1. The molecule has 0 bridgehead atoms. The highest BCUT2D eigenvalue weighted by Crippen LogP contribution is 2.29. The van der Waals surface area contributed by atoms with E-state index in [9.17, 15) is 23.1 Å². The predicted molar refractivity (Wildman–Crippen MR) is 70.8 cm³/mol. The molecule has 0 saturated carbocycles. The van der Waals surface area contributed by atoms with E-state index in [0.29, 0.717) is 0 Å². The quantitative estimate of drug-likeness (QED) is 0.834. The highest BCUT2D eigenvalue weighted by molar-refractivity contribution is 5.95. The third kappa shape index (κ3) is 4.25. The van der Waals surface area contributed by atoms with E-state index in [1.165, 1.54) is 18.0 Å². The number of halogens is 3. The van der Waals surface area contributed by atoms with Gasteiger partial charge in [0.05, 0.1) is 17.8 Å². The van der Waals surface area contributed by atoms with E-state index in [1.54, 1.807) is 13.8 Å². The SMILES string of the molecule is CN(C(=O)c1ccc(OC(F)(F)F)c(N)c1)C(C)(C)CO. The molecule has 0 atom stereocenters. The van der Waals surface area contributed by atoms with Crippen LogP contribution in [0.25, 0.3) is 0 Å². The molecule has 0 unspecified atom stereocenters. The Balaban J connectivity index is 3.01. The number of alkyl halides is 3. The van der Waals surface area contributed by atoms with Crippen LogP contribution < -0.4 is 10.5 Å². The third-order valence-electron chi connectivity index (χ3n) is 3.08. The zero-order valence-corrected chi connectivity index (χ0v) is 11.9. The number of likely N-dealkylation sites (N-methyl/N-ethyl adjacent to an activating group) is 1. The minimum absolute atomic E-state index is 0.103. The van der Waals surface area contributed by atoms with Gasteiger partial charge >= 0.3 is 6.36 Å². The van der Waals surface area contributed by atoms with Gasteiger partial charge in [-0.3, -0.25) is 4.79 Å². The topological polar surface area (TPSA) is 75.8 Å². The summed E-state index contributed by atoms with van der Waals surface area (Å²) < 4.78 is 40.1. The number of carbonyl (C=O) groups is 1. The molecule has 5 nitrogen and oxygen atoms in total. The lowest BCUT2D eigenvalue weighted by Crippen LogP contribution is -2.47. The van der Waals surface area contributed by atoms with Crippen LogP contribution in [0.3, 0.4) is 0 Å². The predicted octanol–water partition coefficient (Wildman–Crippen LogP) is 2.01. The summed E-state index contributed by atoms with van der Waals surface area (Å²) in [6, 6.07) is 3.27. The summed E-state index contributed by atoms with van der Waals surface area (Å²) in [5.41, 5.74) is 4.46. The van der Waals surface area contributed by atoms with E-state index in [-0.39, 0.29) is 17.9 Å². The Morgan fingerprint density at radius 3 is 2.38 bits per heavy atom. The number of carbonyl (C=O) groups excluding carboxylic acids is 1. The highest BCUT2D eigenvalue weighted by atomic mass is 19.4. The number of hydrogen-bond donors (Lipinski definition) is 2. The van der Waals surface area contributed by atoms with Crippen molar-refractivity contribution in [3.63, 3.8) is 0 Å². The number of nitrogens with zero attached hydrogens (tertiary/aromatic N) is 1.